The van der Waals surface area contributed by atoms with Crippen molar-refractivity contribution >= 4 is 5.91 Å². The van der Waals surface area contributed by atoms with Crippen molar-refractivity contribution in [2.24, 2.45) is 0 Å². The fraction of sp³-hybridized carbons (Fsp3) is 0.657. The highest BCUT2D eigenvalue weighted by Gasteiger charge is 2.21. The molecule has 1 aromatic carbocycles. The van der Waals surface area contributed by atoms with Crippen LogP contribution in [0.25, 0.3) is 0 Å². The van der Waals surface area contributed by atoms with Crippen LogP contribution < -0.4 is 14.6 Å². The van der Waals surface area contributed by atoms with Gasteiger partial charge in [0.1, 0.15) is 18.8 Å². The molecule has 0 aliphatic carbocycles. The molecule has 0 atom stereocenters. The summed E-state index contributed by atoms with van der Waals surface area (Å²) in [4.78, 5) is 13.0. The van der Waals surface area contributed by atoms with Gasteiger partial charge in [0.05, 0.1) is 6.61 Å². The van der Waals surface area contributed by atoms with Crippen LogP contribution in [0.5, 0.6) is 5.75 Å². The highest BCUT2D eigenvalue weighted by atomic mass is 16.5. The Morgan fingerprint density at radius 1 is 0.795 bits per heavy atom. The summed E-state index contributed by atoms with van der Waals surface area (Å²) in [6.45, 7) is 13.1. The number of carbonyl (C=O) groups is 1. The fourth-order valence-corrected chi connectivity index (χ4v) is 5.12. The van der Waals surface area contributed by atoms with Crippen LogP contribution >= 0.6 is 0 Å². The van der Waals surface area contributed by atoms with Crippen LogP contribution in [-0.2, 0) is 18.5 Å². The van der Waals surface area contributed by atoms with E-state index in [0.717, 1.165) is 36.6 Å². The highest BCUT2D eigenvalue weighted by Crippen LogP contribution is 2.32. The number of benzene rings is 1. The molecule has 218 valence electrons. The van der Waals surface area contributed by atoms with Crippen molar-refractivity contribution in [1.82, 2.24) is 5.32 Å². The van der Waals surface area contributed by atoms with Crippen LogP contribution in [0.4, 0.5) is 0 Å². The second-order valence-corrected chi connectivity index (χ2v) is 12.1. The minimum Gasteiger partial charge on any atom is -0.493 e. The number of unbranched alkanes of at least 4 members (excludes halogenated alkanes) is 13. The second-order valence-electron chi connectivity index (χ2n) is 12.1. The molecule has 0 radical (unpaired) electrons. The van der Waals surface area contributed by atoms with Crippen LogP contribution in [-0.4, -0.2) is 12.5 Å². The lowest BCUT2D eigenvalue weighted by atomic mass is 9.85. The quantitative estimate of drug-likeness (QED) is 0.135. The summed E-state index contributed by atoms with van der Waals surface area (Å²) in [6.07, 6.45) is 21.0. The number of amides is 1. The second kappa shape index (κ2) is 18.8. The summed E-state index contributed by atoms with van der Waals surface area (Å²) in [5.74, 6) is 0.853. The molecule has 1 N–H and O–H groups in total. The average molecular weight is 538 g/mol. The first-order valence-corrected chi connectivity index (χ1v) is 15.9. The van der Waals surface area contributed by atoms with Crippen molar-refractivity contribution in [3.8, 4) is 5.75 Å². The van der Waals surface area contributed by atoms with Gasteiger partial charge in [-0.1, -0.05) is 117 Å². The zero-order valence-corrected chi connectivity index (χ0v) is 25.8. The first-order chi connectivity index (χ1) is 18.9. The molecular formula is C35H57N2O2+. The molecule has 39 heavy (non-hydrogen) atoms. The topological polar surface area (TPSA) is 42.2 Å². The van der Waals surface area contributed by atoms with Gasteiger partial charge in [0.25, 0.3) is 5.91 Å². The first kappa shape index (κ1) is 32.8. The molecule has 0 spiro atoms. The number of hydrogen-bond acceptors (Lipinski definition) is 2. The molecule has 1 amide bonds. The Morgan fingerprint density at radius 3 is 1.95 bits per heavy atom. The van der Waals surface area contributed by atoms with Gasteiger partial charge in [-0.05, 0) is 37.0 Å². The van der Waals surface area contributed by atoms with E-state index in [1.807, 2.05) is 36.5 Å². The Hall–Kier alpha value is -2.36. The van der Waals surface area contributed by atoms with E-state index in [1.54, 1.807) is 0 Å². The molecule has 2 aromatic rings. The van der Waals surface area contributed by atoms with Crippen molar-refractivity contribution in [2.45, 2.75) is 143 Å². The van der Waals surface area contributed by atoms with Crippen molar-refractivity contribution in [2.75, 3.05) is 6.61 Å². The number of rotatable bonds is 20. The van der Waals surface area contributed by atoms with Gasteiger partial charge in [-0.15, -0.1) is 0 Å². The van der Waals surface area contributed by atoms with E-state index in [2.05, 4.69) is 50.6 Å². The van der Waals surface area contributed by atoms with Gasteiger partial charge in [0, 0.05) is 23.3 Å². The van der Waals surface area contributed by atoms with Crippen molar-refractivity contribution in [3.05, 3.63) is 59.4 Å². The lowest BCUT2D eigenvalue weighted by molar-refractivity contribution is -0.701. The van der Waals surface area contributed by atoms with Gasteiger partial charge in [-0.2, -0.15) is 0 Å². The van der Waals surface area contributed by atoms with Crippen LogP contribution in [0, 0.1) is 0 Å². The maximum Gasteiger partial charge on any atom is 0.251 e. The maximum absolute atomic E-state index is 13.0. The normalized spacial score (nSPS) is 11.5. The largest absolute Gasteiger partial charge is 0.493 e. The molecule has 0 saturated heterocycles. The van der Waals surface area contributed by atoms with E-state index >= 15 is 0 Å². The summed E-state index contributed by atoms with van der Waals surface area (Å²) in [5.41, 5.74) is 2.76. The smallest absolute Gasteiger partial charge is 0.251 e. The number of carbonyl (C=O) groups excluding carboxylic acids is 1. The molecule has 1 aromatic heterocycles. The molecule has 4 heteroatoms. The third-order valence-corrected chi connectivity index (χ3v) is 7.61. The van der Waals surface area contributed by atoms with E-state index in [-0.39, 0.29) is 11.3 Å². The third-order valence-electron chi connectivity index (χ3n) is 7.61. The monoisotopic (exact) mass is 537 g/mol. The van der Waals surface area contributed by atoms with Crippen LogP contribution in [0.2, 0.25) is 0 Å². The van der Waals surface area contributed by atoms with Gasteiger partial charge in [0.2, 0.25) is 5.69 Å². The lowest BCUT2D eigenvalue weighted by Crippen LogP contribution is -2.39. The zero-order chi connectivity index (χ0) is 28.3. The Balaban J connectivity index is 1.69. The summed E-state index contributed by atoms with van der Waals surface area (Å²) >= 11 is 0. The van der Waals surface area contributed by atoms with Crippen LogP contribution in [0.15, 0.2) is 42.6 Å². The summed E-state index contributed by atoms with van der Waals surface area (Å²) < 4.78 is 8.38. The molecule has 4 nitrogen and oxygen atoms in total. The Kier molecular flexibility index (Phi) is 15.9. The number of aryl methyl sites for hydroxylation is 1. The molecule has 1 heterocycles. The van der Waals surface area contributed by atoms with Gasteiger partial charge in [-0.25, -0.2) is 4.57 Å². The predicted octanol–water partition coefficient (Wildman–Crippen LogP) is 9.08. The summed E-state index contributed by atoms with van der Waals surface area (Å²) in [7, 11) is 0. The van der Waals surface area contributed by atoms with Crippen LogP contribution in [0.3, 0.4) is 0 Å². The highest BCUT2D eigenvalue weighted by molar-refractivity contribution is 5.94. The molecule has 0 fully saturated rings. The third kappa shape index (κ3) is 13.0. The predicted molar refractivity (Wildman–Crippen MR) is 164 cm³/mol. The SMILES string of the molecule is CCCCCCCCCCCCCCCCOc1ccc(C(=O)NCc2cccc[n+]2CC)cc1C(C)(C)C. The van der Waals surface area contributed by atoms with E-state index in [4.69, 9.17) is 4.74 Å². The van der Waals surface area contributed by atoms with E-state index in [0.29, 0.717) is 12.1 Å². The minimum absolute atomic E-state index is 0.0504. The van der Waals surface area contributed by atoms with E-state index < -0.39 is 0 Å². The molecule has 0 bridgehead atoms. The van der Waals surface area contributed by atoms with Crippen LogP contribution in [0.1, 0.15) is 146 Å². The number of ether oxygens (including phenoxy) is 1. The Morgan fingerprint density at radius 2 is 1.38 bits per heavy atom. The van der Waals surface area contributed by atoms with Gasteiger partial charge < -0.3 is 10.1 Å². The van der Waals surface area contributed by atoms with Gasteiger partial charge in [0.15, 0.2) is 6.20 Å². The van der Waals surface area contributed by atoms with Crippen molar-refractivity contribution in [1.29, 1.82) is 0 Å². The molecular weight excluding hydrogens is 480 g/mol. The number of nitrogens with zero attached hydrogens (tertiary/aromatic N) is 1. The molecule has 0 unspecified atom stereocenters. The van der Waals surface area contributed by atoms with Crippen molar-refractivity contribution in [3.63, 3.8) is 0 Å². The summed E-state index contributed by atoms with van der Waals surface area (Å²) in [5, 5.41) is 3.09. The zero-order valence-electron chi connectivity index (χ0n) is 25.8. The number of hydrogen-bond donors (Lipinski definition) is 1. The number of nitrogens with one attached hydrogen (secondary N) is 1. The Labute approximate surface area is 240 Å². The van der Waals surface area contributed by atoms with Gasteiger partial charge >= 0.3 is 0 Å². The molecule has 0 aliphatic rings. The minimum atomic E-state index is -0.105. The standard InChI is InChI=1S/C35H56N2O2/c1-6-8-9-10-11-12-13-14-15-16-17-18-19-22-27-39-33-25-24-30(28-32(33)35(3,4)5)34(38)36-29-31-23-20-21-26-37(31)7-2/h20-21,23-26,28H,6-19,22,27,29H2,1-5H3/p+1. The lowest BCUT2D eigenvalue weighted by Gasteiger charge is -2.23. The van der Waals surface area contributed by atoms with Crippen molar-refractivity contribution < 1.29 is 14.1 Å². The Bertz CT molecular complexity index is 948. The summed E-state index contributed by atoms with van der Waals surface area (Å²) in [6, 6.07) is 12.0. The van der Waals surface area contributed by atoms with E-state index in [9.17, 15) is 4.79 Å². The molecule has 0 aliphatic heterocycles. The molecule has 0 saturated carbocycles. The first-order valence-electron chi connectivity index (χ1n) is 15.9. The fourth-order valence-electron chi connectivity index (χ4n) is 5.12. The number of aromatic nitrogens is 1. The van der Waals surface area contributed by atoms with E-state index in [1.165, 1.54) is 83.5 Å². The average Bonchev–Trinajstić information content (AvgIpc) is 2.93. The van der Waals surface area contributed by atoms with Gasteiger partial charge in [-0.3, -0.25) is 4.79 Å². The maximum atomic E-state index is 13.0. The molecule has 2 rings (SSSR count). The number of pyridine rings is 1.